The van der Waals surface area contributed by atoms with Gasteiger partial charge in [0.1, 0.15) is 5.52 Å². The number of H-pyrrole nitrogens is 1. The molecule has 0 spiro atoms. The van der Waals surface area contributed by atoms with E-state index in [9.17, 15) is 0 Å². The number of thiophene rings is 1. The first-order valence-corrected chi connectivity index (χ1v) is 9.22. The number of anilines is 1. The lowest BCUT2D eigenvalue weighted by Gasteiger charge is -1.96. The number of nitrogen functional groups attached to an aromatic ring is 1. The van der Waals surface area contributed by atoms with E-state index in [0.29, 0.717) is 22.8 Å². The Morgan fingerprint density at radius 2 is 2.04 bits per heavy atom. The van der Waals surface area contributed by atoms with Crippen LogP contribution in [0.1, 0.15) is 51.3 Å². The van der Waals surface area contributed by atoms with Crippen LogP contribution >= 0.6 is 11.3 Å². The molecule has 0 fully saturated rings. The minimum atomic E-state index is 0.391. The molecular weight excluding hydrogens is 318 g/mol. The molecule has 3 aromatic rings. The number of hydrogen-bond acceptors (Lipinski definition) is 5. The number of fused-ring (bicyclic) bond motifs is 1. The first-order valence-electron chi connectivity index (χ1n) is 8.34. The molecule has 0 saturated carbocycles. The van der Waals surface area contributed by atoms with Crippen LogP contribution < -0.4 is 5.73 Å². The van der Waals surface area contributed by atoms with Crippen LogP contribution in [0.15, 0.2) is 17.5 Å². The largest absolute Gasteiger partial charge is 0.382 e. The Kier molecular flexibility index (Phi) is 5.44. The predicted octanol–water partition coefficient (Wildman–Crippen LogP) is 4.38. The Hall–Kier alpha value is -2.39. The van der Waals surface area contributed by atoms with Gasteiger partial charge in [0.15, 0.2) is 17.3 Å². The summed E-state index contributed by atoms with van der Waals surface area (Å²) >= 11 is 1.62. The summed E-state index contributed by atoms with van der Waals surface area (Å²) in [7, 11) is 0. The number of imidazole rings is 1. The number of nitrogens with one attached hydrogen (secondary N) is 1. The van der Waals surface area contributed by atoms with Crippen molar-refractivity contribution >= 4 is 28.3 Å². The summed E-state index contributed by atoms with van der Waals surface area (Å²) in [5.74, 6) is 7.75. The van der Waals surface area contributed by atoms with Gasteiger partial charge in [0, 0.05) is 6.42 Å². The van der Waals surface area contributed by atoms with Gasteiger partial charge in [0.2, 0.25) is 5.82 Å². The lowest BCUT2D eigenvalue weighted by atomic mass is 10.1. The monoisotopic (exact) mass is 339 g/mol. The Balaban J connectivity index is 1.71. The van der Waals surface area contributed by atoms with E-state index in [1.54, 1.807) is 11.3 Å². The molecule has 0 saturated heterocycles. The van der Waals surface area contributed by atoms with Gasteiger partial charge in [0.25, 0.3) is 0 Å². The topological polar surface area (TPSA) is 80.5 Å². The van der Waals surface area contributed by atoms with E-state index in [1.165, 1.54) is 25.7 Å². The molecule has 3 aromatic heterocycles. The fraction of sp³-hybridized carbons (Fsp3) is 0.389. The highest BCUT2D eigenvalue weighted by Crippen LogP contribution is 2.25. The van der Waals surface area contributed by atoms with Gasteiger partial charge in [-0.2, -0.15) is 4.98 Å². The van der Waals surface area contributed by atoms with Crippen LogP contribution in [0.5, 0.6) is 0 Å². The highest BCUT2D eigenvalue weighted by atomic mass is 32.1. The van der Waals surface area contributed by atoms with Gasteiger partial charge >= 0.3 is 0 Å². The van der Waals surface area contributed by atoms with E-state index >= 15 is 0 Å². The van der Waals surface area contributed by atoms with E-state index in [1.807, 2.05) is 17.5 Å². The summed E-state index contributed by atoms with van der Waals surface area (Å²) < 4.78 is 0. The van der Waals surface area contributed by atoms with Gasteiger partial charge in [-0.25, -0.2) is 9.97 Å². The Labute approximate surface area is 145 Å². The molecule has 0 aliphatic heterocycles. The molecule has 0 atom stereocenters. The molecule has 0 amide bonds. The molecule has 0 radical (unpaired) electrons. The maximum Gasteiger partial charge on any atom is 0.209 e. The average molecular weight is 339 g/mol. The third-order valence-corrected chi connectivity index (χ3v) is 4.62. The molecule has 3 heterocycles. The fourth-order valence-electron chi connectivity index (χ4n) is 2.46. The minimum absolute atomic E-state index is 0.391. The van der Waals surface area contributed by atoms with Crippen molar-refractivity contribution < 1.29 is 0 Å². The second-order valence-corrected chi connectivity index (χ2v) is 6.61. The number of unbranched alkanes of at least 4 members (excludes halogenated alkanes) is 5. The second kappa shape index (κ2) is 7.93. The molecule has 124 valence electrons. The van der Waals surface area contributed by atoms with E-state index in [0.717, 1.165) is 23.5 Å². The van der Waals surface area contributed by atoms with Gasteiger partial charge in [-0.15, -0.1) is 11.3 Å². The smallest absolute Gasteiger partial charge is 0.209 e. The van der Waals surface area contributed by atoms with E-state index < -0.39 is 0 Å². The van der Waals surface area contributed by atoms with Crippen molar-refractivity contribution in [3.63, 3.8) is 0 Å². The zero-order valence-electron chi connectivity index (χ0n) is 13.8. The van der Waals surface area contributed by atoms with E-state index in [4.69, 9.17) is 5.73 Å². The van der Waals surface area contributed by atoms with Gasteiger partial charge in [-0.05, 0) is 23.8 Å². The molecule has 3 N–H and O–H groups in total. The van der Waals surface area contributed by atoms with Crippen LogP contribution in [0.3, 0.4) is 0 Å². The molecule has 0 aliphatic rings. The van der Waals surface area contributed by atoms with Crippen LogP contribution in [0.4, 0.5) is 5.82 Å². The summed E-state index contributed by atoms with van der Waals surface area (Å²) in [6.45, 7) is 2.22. The van der Waals surface area contributed by atoms with Crippen molar-refractivity contribution in [1.82, 2.24) is 19.9 Å². The maximum absolute atomic E-state index is 6.02. The van der Waals surface area contributed by atoms with Gasteiger partial charge in [-0.3, -0.25) is 0 Å². The first kappa shape index (κ1) is 16.5. The third kappa shape index (κ3) is 3.92. The van der Waals surface area contributed by atoms with Crippen molar-refractivity contribution in [1.29, 1.82) is 0 Å². The molecule has 24 heavy (non-hydrogen) atoms. The van der Waals surface area contributed by atoms with E-state index in [-0.39, 0.29) is 0 Å². The summed E-state index contributed by atoms with van der Waals surface area (Å²) in [6.07, 6.45) is 7.06. The normalized spacial score (nSPS) is 10.7. The van der Waals surface area contributed by atoms with Gasteiger partial charge < -0.3 is 10.7 Å². The molecule has 3 rings (SSSR count). The van der Waals surface area contributed by atoms with Crippen molar-refractivity contribution in [2.45, 2.75) is 45.4 Å². The number of hydrogen-bond donors (Lipinski definition) is 2. The summed E-state index contributed by atoms with van der Waals surface area (Å²) in [6, 6.07) is 3.99. The number of nitrogens with zero attached hydrogens (tertiary/aromatic N) is 3. The summed E-state index contributed by atoms with van der Waals surface area (Å²) in [4.78, 5) is 17.4. The molecule has 6 heteroatoms. The van der Waals surface area contributed by atoms with Gasteiger partial charge in [0.05, 0.1) is 4.88 Å². The van der Waals surface area contributed by atoms with Crippen LogP contribution in [0.25, 0.3) is 21.9 Å². The number of nitrogens with two attached hydrogens (primary N) is 1. The molecule has 0 aromatic carbocycles. The molecule has 0 aliphatic carbocycles. The lowest BCUT2D eigenvalue weighted by Crippen LogP contribution is -1.97. The SMILES string of the molecule is CCCCCCCC#Cc1nc(N)c2[nH]c(-c3cccs3)nc2n1. The number of aromatic amines is 1. The fourth-order valence-corrected chi connectivity index (χ4v) is 3.13. The Bertz CT molecular complexity index is 855. The van der Waals surface area contributed by atoms with Crippen LogP contribution in [0.2, 0.25) is 0 Å². The zero-order chi connectivity index (χ0) is 16.8. The van der Waals surface area contributed by atoms with Crippen LogP contribution in [-0.4, -0.2) is 19.9 Å². The van der Waals surface area contributed by atoms with E-state index in [2.05, 4.69) is 38.7 Å². The van der Waals surface area contributed by atoms with Crippen LogP contribution in [0, 0.1) is 11.8 Å². The summed E-state index contributed by atoms with van der Waals surface area (Å²) in [5, 5.41) is 2.01. The Morgan fingerprint density at radius 3 is 2.83 bits per heavy atom. The molecule has 5 nitrogen and oxygen atoms in total. The molecule has 0 unspecified atom stereocenters. The number of rotatable bonds is 6. The maximum atomic E-state index is 6.02. The van der Waals surface area contributed by atoms with Crippen molar-refractivity contribution in [3.8, 4) is 22.5 Å². The quantitative estimate of drug-likeness (QED) is 0.516. The molecule has 0 bridgehead atoms. The Morgan fingerprint density at radius 1 is 1.17 bits per heavy atom. The number of aromatic nitrogens is 4. The third-order valence-electron chi connectivity index (χ3n) is 3.74. The zero-order valence-corrected chi connectivity index (χ0v) is 14.6. The van der Waals surface area contributed by atoms with Crippen molar-refractivity contribution in [2.24, 2.45) is 0 Å². The van der Waals surface area contributed by atoms with Crippen LogP contribution in [-0.2, 0) is 0 Å². The standard InChI is InChI=1S/C18H21N5S/c1-2-3-4-5-6-7-8-11-14-20-16(19)15-18(21-14)23-17(22-15)13-10-9-12-24-13/h9-10,12H,2-7H2,1H3,(H3,19,20,21,22,23). The highest BCUT2D eigenvalue weighted by Gasteiger charge is 2.11. The van der Waals surface area contributed by atoms with Gasteiger partial charge in [-0.1, -0.05) is 44.6 Å². The lowest BCUT2D eigenvalue weighted by molar-refractivity contribution is 0.641. The summed E-state index contributed by atoms with van der Waals surface area (Å²) in [5.41, 5.74) is 7.26. The van der Waals surface area contributed by atoms with Crippen molar-refractivity contribution in [2.75, 3.05) is 5.73 Å². The second-order valence-electron chi connectivity index (χ2n) is 5.66. The predicted molar refractivity (Wildman–Crippen MR) is 99.7 cm³/mol. The average Bonchev–Trinajstić information content (AvgIpc) is 3.23. The minimum Gasteiger partial charge on any atom is -0.382 e. The molecular formula is C18H21N5S. The highest BCUT2D eigenvalue weighted by molar-refractivity contribution is 7.13. The first-order chi connectivity index (χ1) is 11.8. The van der Waals surface area contributed by atoms with Crippen molar-refractivity contribution in [3.05, 3.63) is 23.3 Å².